The molecule has 180 valence electrons. The number of rotatable bonds is 9. The number of benzene rings is 2. The number of nitrogens with one attached hydrogen (secondary N) is 2. The molecule has 1 atom stereocenters. The number of hydroxylamine groups is 1. The molecular weight excluding hydrogens is 470 g/mol. The molecule has 0 spiro atoms. The zero-order chi connectivity index (χ0) is 24.4. The molecule has 5 rings (SSSR count). The first-order chi connectivity index (χ1) is 17.0. The van der Waals surface area contributed by atoms with Crippen LogP contribution in [0.15, 0.2) is 53.9 Å². The van der Waals surface area contributed by atoms with E-state index < -0.39 is 24.1 Å². The summed E-state index contributed by atoms with van der Waals surface area (Å²) in [4.78, 5) is 45.0. The molecule has 1 aromatic heterocycles. The van der Waals surface area contributed by atoms with E-state index >= 15 is 0 Å². The number of hydrogen-bond donors (Lipinski definition) is 3. The minimum Gasteiger partial charge on any atom is -0.479 e. The number of anilines is 1. The lowest BCUT2D eigenvalue weighted by atomic mass is 9.98. The normalized spacial score (nSPS) is 15.1. The summed E-state index contributed by atoms with van der Waals surface area (Å²) in [6.45, 7) is 0.184. The maximum atomic E-state index is 12.4. The van der Waals surface area contributed by atoms with Gasteiger partial charge in [-0.15, -0.1) is 11.3 Å². The molecule has 2 amide bonds. The number of carbonyl (C=O) groups is 3. The highest BCUT2D eigenvalue weighted by Gasteiger charge is 2.38. The lowest BCUT2D eigenvalue weighted by Crippen LogP contribution is -2.36. The van der Waals surface area contributed by atoms with E-state index in [0.717, 1.165) is 46.4 Å². The quantitative estimate of drug-likeness (QED) is 0.385. The molecule has 1 unspecified atom stereocenters. The Hall–Kier alpha value is -3.76. The molecular formula is C25H23N3O6S. The molecule has 0 saturated heterocycles. The molecule has 9 nitrogen and oxygen atoms in total. The van der Waals surface area contributed by atoms with Crippen LogP contribution in [-0.4, -0.2) is 40.8 Å². The van der Waals surface area contributed by atoms with E-state index in [2.05, 4.69) is 27.9 Å². The van der Waals surface area contributed by atoms with Crippen LogP contribution in [0.25, 0.3) is 11.1 Å². The van der Waals surface area contributed by atoms with Crippen LogP contribution in [0.2, 0.25) is 0 Å². The minimum absolute atomic E-state index is 0.0473. The minimum atomic E-state index is -1.10. The Morgan fingerprint density at radius 1 is 1.06 bits per heavy atom. The van der Waals surface area contributed by atoms with Crippen molar-refractivity contribution in [1.29, 1.82) is 0 Å². The molecule has 35 heavy (non-hydrogen) atoms. The van der Waals surface area contributed by atoms with Gasteiger partial charge in [-0.3, -0.25) is 14.9 Å². The lowest BCUT2D eigenvalue weighted by Gasteiger charge is -2.14. The third kappa shape index (κ3) is 5.18. The average molecular weight is 494 g/mol. The van der Waals surface area contributed by atoms with Gasteiger partial charge in [0.2, 0.25) is 5.91 Å². The molecule has 1 fully saturated rings. The van der Waals surface area contributed by atoms with Crippen LogP contribution in [0.5, 0.6) is 0 Å². The van der Waals surface area contributed by atoms with E-state index in [-0.39, 0.29) is 24.9 Å². The van der Waals surface area contributed by atoms with Crippen LogP contribution in [0, 0.1) is 5.92 Å². The summed E-state index contributed by atoms with van der Waals surface area (Å²) < 4.78 is 5.51. The molecule has 10 heteroatoms. The number of aromatic nitrogens is 1. The lowest BCUT2D eigenvalue weighted by molar-refractivity contribution is -0.162. The number of carbonyl (C=O) groups excluding carboxylic acids is 2. The van der Waals surface area contributed by atoms with Gasteiger partial charge < -0.3 is 9.84 Å². The van der Waals surface area contributed by atoms with Gasteiger partial charge in [-0.05, 0) is 41.0 Å². The second-order valence-corrected chi connectivity index (χ2v) is 9.37. The molecule has 1 saturated carbocycles. The van der Waals surface area contributed by atoms with Crippen LogP contribution >= 0.6 is 11.3 Å². The number of carboxylic acids is 1. The van der Waals surface area contributed by atoms with Gasteiger partial charge in [0.15, 0.2) is 11.2 Å². The summed E-state index contributed by atoms with van der Waals surface area (Å²) in [7, 11) is 0. The van der Waals surface area contributed by atoms with Crippen molar-refractivity contribution in [2.75, 3.05) is 11.9 Å². The maximum absolute atomic E-state index is 12.4. The third-order valence-corrected chi connectivity index (χ3v) is 6.85. The number of ether oxygens (including phenoxy) is 1. The molecule has 2 aromatic carbocycles. The Morgan fingerprint density at radius 2 is 1.71 bits per heavy atom. The molecule has 0 aliphatic heterocycles. The zero-order valence-electron chi connectivity index (χ0n) is 18.6. The highest BCUT2D eigenvalue weighted by molar-refractivity contribution is 7.13. The van der Waals surface area contributed by atoms with Crippen LogP contribution in [0.4, 0.5) is 9.93 Å². The predicted octanol–water partition coefficient (Wildman–Crippen LogP) is 3.96. The van der Waals surface area contributed by atoms with Gasteiger partial charge in [0.25, 0.3) is 0 Å². The van der Waals surface area contributed by atoms with Crippen molar-refractivity contribution in [2.45, 2.75) is 31.3 Å². The Kier molecular flexibility index (Phi) is 6.47. The summed E-state index contributed by atoms with van der Waals surface area (Å²) in [5, 5.41) is 13.7. The van der Waals surface area contributed by atoms with Crippen LogP contribution in [0.3, 0.4) is 0 Å². The number of thiazole rings is 1. The van der Waals surface area contributed by atoms with E-state index in [1.54, 1.807) is 5.38 Å². The molecule has 0 bridgehead atoms. The monoisotopic (exact) mass is 493 g/mol. The van der Waals surface area contributed by atoms with Crippen molar-refractivity contribution >= 4 is 34.4 Å². The molecule has 3 N–H and O–H groups in total. The van der Waals surface area contributed by atoms with Gasteiger partial charge >= 0.3 is 12.1 Å². The fourth-order valence-corrected chi connectivity index (χ4v) is 4.94. The highest BCUT2D eigenvalue weighted by atomic mass is 32.1. The van der Waals surface area contributed by atoms with E-state index in [1.165, 1.54) is 0 Å². The molecule has 2 aliphatic carbocycles. The SMILES string of the molecule is O=C(Cc1csc(NC(=O)OCC2c3ccccc3-c3ccccc32)n1)NOC(C(=O)O)C1CC1. The fraction of sp³-hybridized carbons (Fsp3) is 0.280. The second-order valence-electron chi connectivity index (χ2n) is 8.51. The Balaban J connectivity index is 1.12. The Bertz CT molecular complexity index is 1230. The van der Waals surface area contributed by atoms with E-state index in [4.69, 9.17) is 14.7 Å². The van der Waals surface area contributed by atoms with Gasteiger partial charge in [-0.2, -0.15) is 0 Å². The summed E-state index contributed by atoms with van der Waals surface area (Å²) in [5.41, 5.74) is 7.15. The summed E-state index contributed by atoms with van der Waals surface area (Å²) in [6, 6.07) is 16.2. The van der Waals surface area contributed by atoms with Crippen LogP contribution in [-0.2, 0) is 25.6 Å². The van der Waals surface area contributed by atoms with Gasteiger partial charge in [-0.25, -0.2) is 20.1 Å². The summed E-state index contributed by atoms with van der Waals surface area (Å²) >= 11 is 1.16. The number of fused-ring (bicyclic) bond motifs is 3. The van der Waals surface area contributed by atoms with Gasteiger partial charge in [0, 0.05) is 11.3 Å². The Labute approximate surface area is 205 Å². The smallest absolute Gasteiger partial charge is 0.413 e. The van der Waals surface area contributed by atoms with Crippen molar-refractivity contribution in [1.82, 2.24) is 10.5 Å². The number of aliphatic carboxylic acids is 1. The van der Waals surface area contributed by atoms with Gasteiger partial charge in [0.1, 0.15) is 6.61 Å². The van der Waals surface area contributed by atoms with Crippen molar-refractivity contribution < 1.29 is 29.1 Å². The zero-order valence-corrected chi connectivity index (χ0v) is 19.4. The van der Waals surface area contributed by atoms with E-state index in [1.807, 2.05) is 36.4 Å². The van der Waals surface area contributed by atoms with Crippen LogP contribution < -0.4 is 10.8 Å². The number of carboxylic acid groups (broad SMARTS) is 1. The van der Waals surface area contributed by atoms with E-state index in [0.29, 0.717) is 10.8 Å². The van der Waals surface area contributed by atoms with E-state index in [9.17, 15) is 14.4 Å². The Morgan fingerprint density at radius 3 is 2.34 bits per heavy atom. The number of nitrogens with zero attached hydrogens (tertiary/aromatic N) is 1. The maximum Gasteiger partial charge on any atom is 0.413 e. The first-order valence-electron chi connectivity index (χ1n) is 11.2. The van der Waals surface area contributed by atoms with Crippen LogP contribution in [0.1, 0.15) is 35.6 Å². The summed E-state index contributed by atoms with van der Waals surface area (Å²) in [6.07, 6.45) is -0.248. The third-order valence-electron chi connectivity index (χ3n) is 6.04. The van der Waals surface area contributed by atoms with Gasteiger partial charge in [-0.1, -0.05) is 48.5 Å². The van der Waals surface area contributed by atoms with Crippen molar-refractivity contribution in [3.05, 3.63) is 70.7 Å². The molecule has 1 heterocycles. The standard InChI is InChI=1S/C25H23N3O6S/c29-21(28-34-22(23(30)31)14-9-10-14)11-15-13-35-24(26-15)27-25(32)33-12-20-18-7-3-1-5-16(18)17-6-2-4-8-19(17)20/h1-8,13-14,20,22H,9-12H2,(H,28,29)(H,30,31)(H,26,27,32). The second kappa shape index (κ2) is 9.85. The molecule has 0 radical (unpaired) electrons. The number of amides is 2. The largest absolute Gasteiger partial charge is 0.479 e. The first-order valence-corrected chi connectivity index (χ1v) is 12.1. The fourth-order valence-electron chi connectivity index (χ4n) is 4.24. The van der Waals surface area contributed by atoms with Crippen molar-refractivity contribution in [2.24, 2.45) is 5.92 Å². The molecule has 3 aromatic rings. The van der Waals surface area contributed by atoms with Gasteiger partial charge in [0.05, 0.1) is 12.1 Å². The first kappa shape index (κ1) is 23.0. The molecule has 2 aliphatic rings. The topological polar surface area (TPSA) is 127 Å². The number of hydrogen-bond acceptors (Lipinski definition) is 7. The highest BCUT2D eigenvalue weighted by Crippen LogP contribution is 2.44. The van der Waals surface area contributed by atoms with Crippen molar-refractivity contribution in [3.8, 4) is 11.1 Å². The summed E-state index contributed by atoms with van der Waals surface area (Å²) in [5.74, 6) is -1.74. The predicted molar refractivity (Wildman–Crippen MR) is 128 cm³/mol. The average Bonchev–Trinajstić information content (AvgIpc) is 3.50. The van der Waals surface area contributed by atoms with Crippen molar-refractivity contribution in [3.63, 3.8) is 0 Å².